The maximum Gasteiger partial charge on any atom is 0.344 e. The van der Waals surface area contributed by atoms with Crippen LogP contribution in [0.15, 0.2) is 84.0 Å². The maximum absolute atomic E-state index is 11.6. The molecule has 1 aromatic heterocycles. The van der Waals surface area contributed by atoms with Crippen LogP contribution in [0.1, 0.15) is 19.4 Å². The summed E-state index contributed by atoms with van der Waals surface area (Å²) < 4.78 is 16.1. The predicted molar refractivity (Wildman–Crippen MR) is 150 cm³/mol. The Bertz CT molecular complexity index is 1330. The van der Waals surface area contributed by atoms with Gasteiger partial charge >= 0.3 is 5.97 Å². The van der Waals surface area contributed by atoms with Crippen molar-refractivity contribution in [3.8, 4) is 11.5 Å². The quantitative estimate of drug-likeness (QED) is 0.122. The molecule has 0 atom stereocenters. The van der Waals surface area contributed by atoms with E-state index in [0.717, 1.165) is 16.9 Å². The maximum atomic E-state index is 11.6. The van der Waals surface area contributed by atoms with Crippen LogP contribution in [0.2, 0.25) is 0 Å². The molecular formula is C28H29N7O4. The molecule has 0 fully saturated rings. The minimum atomic E-state index is -0.450. The van der Waals surface area contributed by atoms with Crippen molar-refractivity contribution in [3.05, 3.63) is 84.4 Å². The lowest BCUT2D eigenvalue weighted by Gasteiger charge is -2.12. The lowest BCUT2D eigenvalue weighted by molar-refractivity contribution is -0.145. The van der Waals surface area contributed by atoms with E-state index in [1.807, 2.05) is 67.6 Å². The van der Waals surface area contributed by atoms with Crippen LogP contribution in [-0.4, -0.2) is 47.0 Å². The third kappa shape index (κ3) is 8.42. The van der Waals surface area contributed by atoms with E-state index in [2.05, 4.69) is 36.1 Å². The average Bonchev–Trinajstić information content (AvgIpc) is 2.94. The molecule has 3 aromatic carbocycles. The fourth-order valence-corrected chi connectivity index (χ4v) is 3.34. The van der Waals surface area contributed by atoms with Gasteiger partial charge in [0.2, 0.25) is 17.8 Å². The van der Waals surface area contributed by atoms with Gasteiger partial charge in [0.25, 0.3) is 0 Å². The summed E-state index contributed by atoms with van der Waals surface area (Å²) in [6.07, 6.45) is 1.59. The second-order valence-electron chi connectivity index (χ2n) is 7.89. The van der Waals surface area contributed by atoms with Crippen molar-refractivity contribution in [2.75, 3.05) is 35.9 Å². The van der Waals surface area contributed by atoms with Crippen LogP contribution >= 0.6 is 0 Å². The molecule has 39 heavy (non-hydrogen) atoms. The highest BCUT2D eigenvalue weighted by Crippen LogP contribution is 2.28. The molecule has 0 aliphatic rings. The van der Waals surface area contributed by atoms with Crippen LogP contribution in [0.25, 0.3) is 0 Å². The van der Waals surface area contributed by atoms with Gasteiger partial charge in [0.15, 0.2) is 18.1 Å². The van der Waals surface area contributed by atoms with Gasteiger partial charge in [0, 0.05) is 11.4 Å². The monoisotopic (exact) mass is 527 g/mol. The van der Waals surface area contributed by atoms with E-state index in [-0.39, 0.29) is 19.2 Å². The molecule has 4 aromatic rings. The third-order valence-corrected chi connectivity index (χ3v) is 4.99. The number of anilines is 5. The molecule has 1 heterocycles. The number of benzene rings is 3. The molecule has 0 bridgehead atoms. The SMILES string of the molecule is CCOC(=O)COc1ccc(/C=N/Nc2nc(Nc3ccccc3)nc(Nc3ccccc3)n2)cc1OCC. The van der Waals surface area contributed by atoms with Crippen LogP contribution in [0.4, 0.5) is 29.2 Å². The van der Waals surface area contributed by atoms with Crippen molar-refractivity contribution < 1.29 is 19.0 Å². The number of carbonyl (C=O) groups is 1. The molecule has 11 heteroatoms. The number of para-hydroxylation sites is 2. The zero-order valence-electron chi connectivity index (χ0n) is 21.6. The van der Waals surface area contributed by atoms with E-state index < -0.39 is 5.97 Å². The van der Waals surface area contributed by atoms with Gasteiger partial charge in [0.05, 0.1) is 19.4 Å². The Kier molecular flexibility index (Phi) is 9.60. The summed E-state index contributed by atoms with van der Waals surface area (Å²) in [5, 5.41) is 10.6. The highest BCUT2D eigenvalue weighted by atomic mass is 16.6. The predicted octanol–water partition coefficient (Wildman–Crippen LogP) is 5.15. The Hall–Kier alpha value is -5.19. The molecule has 0 amide bonds. The smallest absolute Gasteiger partial charge is 0.344 e. The Balaban J connectivity index is 1.50. The van der Waals surface area contributed by atoms with E-state index in [4.69, 9.17) is 14.2 Å². The van der Waals surface area contributed by atoms with E-state index in [1.54, 1.807) is 31.3 Å². The van der Waals surface area contributed by atoms with Crippen molar-refractivity contribution in [3.63, 3.8) is 0 Å². The van der Waals surface area contributed by atoms with Crippen LogP contribution in [0.3, 0.4) is 0 Å². The molecule has 0 saturated heterocycles. The number of esters is 1. The third-order valence-electron chi connectivity index (χ3n) is 4.99. The summed E-state index contributed by atoms with van der Waals surface area (Å²) in [7, 11) is 0. The summed E-state index contributed by atoms with van der Waals surface area (Å²) in [6.45, 7) is 4.11. The molecule has 0 unspecified atom stereocenters. The second-order valence-corrected chi connectivity index (χ2v) is 7.89. The lowest BCUT2D eigenvalue weighted by atomic mass is 10.2. The van der Waals surface area contributed by atoms with Crippen molar-refractivity contribution in [1.29, 1.82) is 0 Å². The standard InChI is InChI=1S/C28H29N7O4/c1-3-37-24-17-20(15-16-23(24)39-19-25(36)38-4-2)18-29-35-28-33-26(30-21-11-7-5-8-12-21)32-27(34-28)31-22-13-9-6-10-14-22/h5-18H,3-4,19H2,1-2H3,(H3,30,31,32,33,34,35)/b29-18+. The topological polar surface area (TPSA) is 132 Å². The lowest BCUT2D eigenvalue weighted by Crippen LogP contribution is -2.15. The molecule has 0 aliphatic heterocycles. The minimum absolute atomic E-state index is 0.207. The van der Waals surface area contributed by atoms with Crippen molar-refractivity contribution in [1.82, 2.24) is 15.0 Å². The zero-order chi connectivity index (χ0) is 27.3. The molecule has 11 nitrogen and oxygen atoms in total. The van der Waals surface area contributed by atoms with Gasteiger partial charge in [-0.2, -0.15) is 20.1 Å². The van der Waals surface area contributed by atoms with Gasteiger partial charge in [-0.05, 0) is 61.9 Å². The van der Waals surface area contributed by atoms with Crippen molar-refractivity contribution in [2.45, 2.75) is 13.8 Å². The first kappa shape index (κ1) is 26.9. The zero-order valence-corrected chi connectivity index (χ0v) is 21.6. The number of hydrogen-bond donors (Lipinski definition) is 3. The van der Waals surface area contributed by atoms with Crippen LogP contribution in [0, 0.1) is 0 Å². The first-order valence-corrected chi connectivity index (χ1v) is 12.4. The number of ether oxygens (including phenoxy) is 3. The molecule has 0 saturated carbocycles. The molecule has 0 spiro atoms. The fourth-order valence-electron chi connectivity index (χ4n) is 3.34. The van der Waals surface area contributed by atoms with Crippen LogP contribution in [-0.2, 0) is 9.53 Å². The van der Waals surface area contributed by atoms with Gasteiger partial charge in [-0.3, -0.25) is 0 Å². The van der Waals surface area contributed by atoms with Gasteiger partial charge in [-0.1, -0.05) is 36.4 Å². The Morgan fingerprint density at radius 2 is 1.38 bits per heavy atom. The van der Waals surface area contributed by atoms with Crippen molar-refractivity contribution in [2.24, 2.45) is 5.10 Å². The molecule has 4 rings (SSSR count). The number of carbonyl (C=O) groups excluding carboxylic acids is 1. The summed E-state index contributed by atoms with van der Waals surface area (Å²) in [5.41, 5.74) is 5.25. The number of nitrogens with zero attached hydrogens (tertiary/aromatic N) is 4. The first-order valence-electron chi connectivity index (χ1n) is 12.4. The molecule has 200 valence electrons. The number of aromatic nitrogens is 3. The highest BCUT2D eigenvalue weighted by Gasteiger charge is 2.10. The number of nitrogens with one attached hydrogen (secondary N) is 3. The average molecular weight is 528 g/mol. The van der Waals surface area contributed by atoms with E-state index in [9.17, 15) is 4.79 Å². The van der Waals surface area contributed by atoms with Crippen LogP contribution in [0.5, 0.6) is 11.5 Å². The van der Waals surface area contributed by atoms with E-state index >= 15 is 0 Å². The van der Waals surface area contributed by atoms with Crippen LogP contribution < -0.4 is 25.5 Å². The highest BCUT2D eigenvalue weighted by molar-refractivity contribution is 5.81. The normalized spacial score (nSPS) is 10.6. The number of hydrazone groups is 1. The van der Waals surface area contributed by atoms with Gasteiger partial charge in [-0.25, -0.2) is 10.2 Å². The summed E-state index contributed by atoms with van der Waals surface area (Å²) >= 11 is 0. The fraction of sp³-hybridized carbons (Fsp3) is 0.179. The Morgan fingerprint density at radius 3 is 1.97 bits per heavy atom. The van der Waals surface area contributed by atoms with Gasteiger partial charge < -0.3 is 24.8 Å². The number of hydrogen-bond acceptors (Lipinski definition) is 11. The Labute approximate surface area is 226 Å². The summed E-state index contributed by atoms with van der Waals surface area (Å²) in [6, 6.07) is 24.4. The molecule has 3 N–H and O–H groups in total. The summed E-state index contributed by atoms with van der Waals surface area (Å²) in [5.74, 6) is 1.38. The molecule has 0 radical (unpaired) electrons. The van der Waals surface area contributed by atoms with Gasteiger partial charge in [-0.15, -0.1) is 0 Å². The van der Waals surface area contributed by atoms with E-state index in [0.29, 0.717) is 30.0 Å². The Morgan fingerprint density at radius 1 is 0.769 bits per heavy atom. The second kappa shape index (κ2) is 13.9. The van der Waals surface area contributed by atoms with E-state index in [1.165, 1.54) is 0 Å². The first-order chi connectivity index (χ1) is 19.1. The number of rotatable bonds is 13. The molecule has 0 aliphatic carbocycles. The minimum Gasteiger partial charge on any atom is -0.490 e. The van der Waals surface area contributed by atoms with Crippen molar-refractivity contribution >= 4 is 41.4 Å². The molecular weight excluding hydrogens is 498 g/mol. The largest absolute Gasteiger partial charge is 0.490 e. The van der Waals surface area contributed by atoms with Gasteiger partial charge in [0.1, 0.15) is 0 Å². The summed E-state index contributed by atoms with van der Waals surface area (Å²) in [4.78, 5) is 25.0.